The van der Waals surface area contributed by atoms with Crippen LogP contribution in [0.3, 0.4) is 0 Å². The molecule has 24 heavy (non-hydrogen) atoms. The molecule has 0 amide bonds. The van der Waals surface area contributed by atoms with Crippen molar-refractivity contribution in [3.05, 3.63) is 70.4 Å². The zero-order valence-electron chi connectivity index (χ0n) is 14.9. The summed E-state index contributed by atoms with van der Waals surface area (Å²) in [7, 11) is 0. The molecule has 4 rings (SSSR count). The van der Waals surface area contributed by atoms with E-state index in [0.717, 1.165) is 33.3 Å². The Balaban J connectivity index is 2.04. The highest BCUT2D eigenvalue weighted by Gasteiger charge is 2.40. The van der Waals surface area contributed by atoms with Crippen LogP contribution in [-0.2, 0) is 10.8 Å². The molecule has 0 saturated heterocycles. The third-order valence-electron chi connectivity index (χ3n) is 5.36. The molecule has 3 aromatic rings. The molecule has 0 bridgehead atoms. The molecule has 1 heterocycles. The number of fused-ring (bicyclic) bond motifs is 4. The lowest BCUT2D eigenvalue weighted by atomic mass is 9.69. The smallest absolute Gasteiger partial charge is 0.195 e. The van der Waals surface area contributed by atoms with Crippen LogP contribution in [0.4, 0.5) is 0 Å². The van der Waals surface area contributed by atoms with Gasteiger partial charge in [0.05, 0.1) is 5.56 Å². The van der Waals surface area contributed by atoms with Crippen LogP contribution in [0.5, 0.6) is 0 Å². The molecule has 1 aliphatic carbocycles. The number of carbonyl (C=O) groups excluding carboxylic acids is 1. The highest BCUT2D eigenvalue weighted by Crippen LogP contribution is 2.44. The largest absolute Gasteiger partial charge is 0.357 e. The molecule has 0 aliphatic heterocycles. The number of aromatic nitrogens is 1. The molecular formula is C22H23NO. The van der Waals surface area contributed by atoms with Crippen molar-refractivity contribution in [2.75, 3.05) is 0 Å². The van der Waals surface area contributed by atoms with Crippen molar-refractivity contribution in [2.24, 2.45) is 0 Å². The molecular weight excluding hydrogens is 294 g/mol. The number of rotatable bonds is 0. The summed E-state index contributed by atoms with van der Waals surface area (Å²) < 4.78 is 0. The first kappa shape index (κ1) is 15.2. The van der Waals surface area contributed by atoms with E-state index in [1.54, 1.807) is 0 Å². The third kappa shape index (κ3) is 1.92. The first-order valence-corrected chi connectivity index (χ1v) is 8.52. The number of para-hydroxylation sites is 1. The van der Waals surface area contributed by atoms with E-state index in [2.05, 4.69) is 51.7 Å². The van der Waals surface area contributed by atoms with Crippen molar-refractivity contribution < 1.29 is 4.79 Å². The van der Waals surface area contributed by atoms with Crippen LogP contribution in [0.2, 0.25) is 0 Å². The monoisotopic (exact) mass is 317 g/mol. The minimum atomic E-state index is -0.223. The summed E-state index contributed by atoms with van der Waals surface area (Å²) in [5.74, 6) is 0.136. The molecule has 0 fully saturated rings. The standard InChI is InChI=1S/C22H23NO/c1-21(2,3)13-10-11-14-16(12-13)22(4,5)20-18(19(14)24)15-8-6-7-9-17(15)23-20/h6-12,23H,1-5H3. The van der Waals surface area contributed by atoms with Crippen LogP contribution in [0, 0.1) is 0 Å². The summed E-state index contributed by atoms with van der Waals surface area (Å²) in [6.45, 7) is 11.0. The van der Waals surface area contributed by atoms with E-state index < -0.39 is 0 Å². The van der Waals surface area contributed by atoms with Crippen molar-refractivity contribution >= 4 is 16.7 Å². The van der Waals surface area contributed by atoms with E-state index in [1.807, 2.05) is 30.3 Å². The van der Waals surface area contributed by atoms with Gasteiger partial charge in [-0.25, -0.2) is 0 Å². The Morgan fingerprint density at radius 2 is 1.71 bits per heavy atom. The van der Waals surface area contributed by atoms with Crippen LogP contribution < -0.4 is 0 Å². The van der Waals surface area contributed by atoms with Crippen molar-refractivity contribution in [1.29, 1.82) is 0 Å². The topological polar surface area (TPSA) is 32.9 Å². The van der Waals surface area contributed by atoms with Crippen molar-refractivity contribution in [3.8, 4) is 0 Å². The summed E-state index contributed by atoms with van der Waals surface area (Å²) in [6, 6.07) is 14.4. The number of hydrogen-bond donors (Lipinski definition) is 1. The third-order valence-corrected chi connectivity index (χ3v) is 5.36. The van der Waals surface area contributed by atoms with Gasteiger partial charge in [-0.1, -0.05) is 71.0 Å². The molecule has 0 radical (unpaired) electrons. The number of ketones is 1. The maximum Gasteiger partial charge on any atom is 0.195 e. The van der Waals surface area contributed by atoms with Gasteiger partial charge in [-0.2, -0.15) is 0 Å². The number of hydrogen-bond acceptors (Lipinski definition) is 1. The second-order valence-electron chi connectivity index (χ2n) is 8.39. The molecule has 2 heteroatoms. The average Bonchev–Trinajstić information content (AvgIpc) is 2.92. The molecule has 1 N–H and O–H groups in total. The summed E-state index contributed by atoms with van der Waals surface area (Å²) in [5, 5.41) is 1.02. The summed E-state index contributed by atoms with van der Waals surface area (Å²) in [6.07, 6.45) is 0. The molecule has 0 saturated carbocycles. The summed E-state index contributed by atoms with van der Waals surface area (Å²) in [5.41, 5.74) is 5.98. The van der Waals surface area contributed by atoms with Crippen molar-refractivity contribution in [1.82, 2.24) is 4.98 Å². The van der Waals surface area contributed by atoms with Gasteiger partial charge < -0.3 is 4.98 Å². The zero-order valence-corrected chi connectivity index (χ0v) is 14.9. The fourth-order valence-electron chi connectivity index (χ4n) is 3.84. The van der Waals surface area contributed by atoms with E-state index >= 15 is 0 Å². The van der Waals surface area contributed by atoms with Gasteiger partial charge in [0.15, 0.2) is 5.78 Å². The minimum absolute atomic E-state index is 0.0644. The normalized spacial score (nSPS) is 16.1. The van der Waals surface area contributed by atoms with Gasteiger partial charge in [0.2, 0.25) is 0 Å². The second-order valence-corrected chi connectivity index (χ2v) is 8.39. The van der Waals surface area contributed by atoms with Crippen LogP contribution >= 0.6 is 0 Å². The van der Waals surface area contributed by atoms with Crippen LogP contribution in [0.1, 0.15) is 67.4 Å². The van der Waals surface area contributed by atoms with Crippen LogP contribution in [-0.4, -0.2) is 10.8 Å². The molecule has 0 spiro atoms. The maximum absolute atomic E-state index is 13.2. The van der Waals surface area contributed by atoms with Crippen LogP contribution in [0.25, 0.3) is 10.9 Å². The SMILES string of the molecule is CC(C)(C)c1ccc2c(c1)C(C)(C)c1[nH]c3ccccc3c1C2=O. The van der Waals surface area contributed by atoms with Crippen molar-refractivity contribution in [2.45, 2.75) is 45.4 Å². The van der Waals surface area contributed by atoms with Gasteiger partial charge in [-0.3, -0.25) is 4.79 Å². The first-order chi connectivity index (χ1) is 11.2. The van der Waals surface area contributed by atoms with Gasteiger partial charge in [-0.15, -0.1) is 0 Å². The lowest BCUT2D eigenvalue weighted by Crippen LogP contribution is -2.31. The molecule has 2 aromatic carbocycles. The lowest BCUT2D eigenvalue weighted by molar-refractivity contribution is 0.103. The molecule has 122 valence electrons. The first-order valence-electron chi connectivity index (χ1n) is 8.52. The molecule has 0 unspecified atom stereocenters. The Kier molecular flexibility index (Phi) is 2.91. The quantitative estimate of drug-likeness (QED) is 0.597. The Hall–Kier alpha value is -2.35. The second kappa shape index (κ2) is 4.60. The number of benzene rings is 2. The van der Waals surface area contributed by atoms with E-state index in [-0.39, 0.29) is 16.6 Å². The highest BCUT2D eigenvalue weighted by molar-refractivity contribution is 6.20. The zero-order chi connectivity index (χ0) is 17.3. The number of H-pyrrole nitrogens is 1. The Morgan fingerprint density at radius 1 is 1.00 bits per heavy atom. The van der Waals surface area contributed by atoms with E-state index in [1.165, 1.54) is 5.56 Å². The van der Waals surface area contributed by atoms with E-state index in [9.17, 15) is 4.79 Å². The fraction of sp³-hybridized carbons (Fsp3) is 0.318. The van der Waals surface area contributed by atoms with Gasteiger partial charge in [0, 0.05) is 27.6 Å². The van der Waals surface area contributed by atoms with E-state index in [0.29, 0.717) is 0 Å². The Morgan fingerprint density at radius 3 is 2.42 bits per heavy atom. The number of nitrogens with one attached hydrogen (secondary N) is 1. The minimum Gasteiger partial charge on any atom is -0.357 e. The predicted octanol–water partition coefficient (Wildman–Crippen LogP) is 5.34. The summed E-state index contributed by atoms with van der Waals surface area (Å²) >= 11 is 0. The fourth-order valence-corrected chi connectivity index (χ4v) is 3.84. The molecule has 1 aromatic heterocycles. The van der Waals surface area contributed by atoms with Crippen molar-refractivity contribution in [3.63, 3.8) is 0 Å². The van der Waals surface area contributed by atoms with Gasteiger partial charge in [0.25, 0.3) is 0 Å². The van der Waals surface area contributed by atoms with Gasteiger partial charge in [-0.05, 0) is 22.6 Å². The van der Waals surface area contributed by atoms with Crippen LogP contribution in [0.15, 0.2) is 42.5 Å². The predicted molar refractivity (Wildman–Crippen MR) is 99.0 cm³/mol. The molecule has 0 atom stereocenters. The lowest BCUT2D eigenvalue weighted by Gasteiger charge is -2.33. The number of aromatic amines is 1. The summed E-state index contributed by atoms with van der Waals surface area (Å²) in [4.78, 5) is 16.7. The molecule has 1 aliphatic rings. The van der Waals surface area contributed by atoms with E-state index in [4.69, 9.17) is 0 Å². The number of carbonyl (C=O) groups is 1. The Labute approximate surface area is 142 Å². The van der Waals surface area contributed by atoms with Gasteiger partial charge in [0.1, 0.15) is 0 Å². The molecule has 2 nitrogen and oxygen atoms in total. The maximum atomic E-state index is 13.2. The van der Waals surface area contributed by atoms with Gasteiger partial charge >= 0.3 is 0 Å². The average molecular weight is 317 g/mol. The Bertz CT molecular complexity index is 983. The highest BCUT2D eigenvalue weighted by atomic mass is 16.1.